The molecule has 0 atom stereocenters. The summed E-state index contributed by atoms with van der Waals surface area (Å²) in [5.74, 6) is 4.96. The highest BCUT2D eigenvalue weighted by atomic mass is 28.3. The molecule has 6 heteroatoms. The van der Waals surface area contributed by atoms with Crippen molar-refractivity contribution in [3.8, 4) is 22.9 Å². The molecule has 0 aliphatic carbocycles. The van der Waals surface area contributed by atoms with Crippen molar-refractivity contribution < 1.29 is 19.1 Å². The topological polar surface area (TPSA) is 52.6 Å². The van der Waals surface area contributed by atoms with Crippen molar-refractivity contribution >= 4 is 28.1 Å². The van der Waals surface area contributed by atoms with Gasteiger partial charge in [-0.15, -0.1) is 22.9 Å². The third kappa shape index (κ3) is 9.98. The SMILES string of the molecule is C[Si](C)(C)C#CCC(CC#C[Si](C)(C)C)(C(=O)OCc1ccccc1)C(=O)OCc1ccccc1. The van der Waals surface area contributed by atoms with Crippen molar-refractivity contribution in [3.63, 3.8) is 0 Å². The van der Waals surface area contributed by atoms with Crippen LogP contribution in [-0.4, -0.2) is 28.1 Å². The predicted octanol–water partition coefficient (Wildman–Crippen LogP) is 6.00. The van der Waals surface area contributed by atoms with Crippen molar-refractivity contribution in [2.45, 2.75) is 65.3 Å². The summed E-state index contributed by atoms with van der Waals surface area (Å²) < 4.78 is 11.4. The van der Waals surface area contributed by atoms with E-state index in [2.05, 4.69) is 62.2 Å². The van der Waals surface area contributed by atoms with E-state index in [1.807, 2.05) is 60.7 Å². The van der Waals surface area contributed by atoms with Crippen LogP contribution in [-0.2, 0) is 32.3 Å². The van der Waals surface area contributed by atoms with Gasteiger partial charge >= 0.3 is 11.9 Å². The number of hydrogen-bond acceptors (Lipinski definition) is 4. The normalized spacial score (nSPS) is 11.4. The minimum absolute atomic E-state index is 0.0128. The molecule has 184 valence electrons. The van der Waals surface area contributed by atoms with Crippen LogP contribution in [0.4, 0.5) is 0 Å². The molecule has 0 saturated heterocycles. The fraction of sp³-hybridized carbons (Fsp3) is 0.379. The molecule has 2 aromatic carbocycles. The van der Waals surface area contributed by atoms with Crippen LogP contribution in [0, 0.1) is 28.3 Å². The average molecular weight is 505 g/mol. The Hall–Kier alpha value is -3.07. The summed E-state index contributed by atoms with van der Waals surface area (Å²) >= 11 is 0. The maximum atomic E-state index is 13.6. The fourth-order valence-electron chi connectivity index (χ4n) is 3.08. The lowest BCUT2D eigenvalue weighted by molar-refractivity contribution is -0.173. The van der Waals surface area contributed by atoms with Gasteiger partial charge in [0, 0.05) is 12.8 Å². The minimum Gasteiger partial charge on any atom is -0.460 e. The first-order chi connectivity index (χ1) is 16.4. The minimum atomic E-state index is -1.72. The molecule has 0 aromatic heterocycles. The van der Waals surface area contributed by atoms with Crippen LogP contribution in [0.15, 0.2) is 60.7 Å². The van der Waals surface area contributed by atoms with Crippen LogP contribution in [0.1, 0.15) is 24.0 Å². The molecular formula is C29H36O4Si2. The second kappa shape index (κ2) is 12.6. The van der Waals surface area contributed by atoms with E-state index in [9.17, 15) is 9.59 Å². The van der Waals surface area contributed by atoms with Gasteiger partial charge in [-0.05, 0) is 11.1 Å². The Labute approximate surface area is 212 Å². The van der Waals surface area contributed by atoms with Gasteiger partial charge < -0.3 is 9.47 Å². The number of carbonyl (C=O) groups excluding carboxylic acids is 2. The highest BCUT2D eigenvalue weighted by Gasteiger charge is 2.48. The maximum absolute atomic E-state index is 13.6. The number of rotatable bonds is 8. The van der Waals surface area contributed by atoms with Crippen LogP contribution >= 0.6 is 0 Å². The quantitative estimate of drug-likeness (QED) is 0.191. The van der Waals surface area contributed by atoms with E-state index in [0.29, 0.717) is 0 Å². The monoisotopic (exact) mass is 504 g/mol. The average Bonchev–Trinajstić information content (AvgIpc) is 2.79. The zero-order valence-electron chi connectivity index (χ0n) is 21.7. The molecule has 0 bridgehead atoms. The molecule has 2 rings (SSSR count). The molecule has 0 spiro atoms. The highest BCUT2D eigenvalue weighted by molar-refractivity contribution is 6.84. The summed E-state index contributed by atoms with van der Waals surface area (Å²) in [6.45, 7) is 12.8. The Morgan fingerprint density at radius 3 is 1.31 bits per heavy atom. The first-order valence-corrected chi connectivity index (χ1v) is 18.8. The van der Waals surface area contributed by atoms with E-state index in [-0.39, 0.29) is 26.1 Å². The Bertz CT molecular complexity index is 1010. The largest absolute Gasteiger partial charge is 0.460 e. The number of ether oxygens (including phenoxy) is 2. The van der Waals surface area contributed by atoms with Gasteiger partial charge in [0.25, 0.3) is 0 Å². The molecule has 0 saturated carbocycles. The van der Waals surface area contributed by atoms with Gasteiger partial charge in [-0.2, -0.15) is 0 Å². The molecular weight excluding hydrogens is 468 g/mol. The van der Waals surface area contributed by atoms with E-state index >= 15 is 0 Å². The van der Waals surface area contributed by atoms with E-state index in [1.165, 1.54) is 0 Å². The van der Waals surface area contributed by atoms with Gasteiger partial charge in [0.2, 0.25) is 0 Å². The molecule has 35 heavy (non-hydrogen) atoms. The van der Waals surface area contributed by atoms with Crippen LogP contribution in [0.3, 0.4) is 0 Å². The van der Waals surface area contributed by atoms with Gasteiger partial charge in [-0.3, -0.25) is 9.59 Å². The fourth-order valence-corrected chi connectivity index (χ4v) is 4.31. The number of hydrogen-bond donors (Lipinski definition) is 0. The van der Waals surface area contributed by atoms with Crippen molar-refractivity contribution in [2.75, 3.05) is 0 Å². The molecule has 0 fully saturated rings. The lowest BCUT2D eigenvalue weighted by atomic mass is 9.81. The molecule has 2 aromatic rings. The first-order valence-electron chi connectivity index (χ1n) is 11.8. The lowest BCUT2D eigenvalue weighted by Gasteiger charge is -2.26. The van der Waals surface area contributed by atoms with Crippen molar-refractivity contribution in [2.24, 2.45) is 5.41 Å². The van der Waals surface area contributed by atoms with Crippen molar-refractivity contribution in [1.82, 2.24) is 0 Å². The van der Waals surface area contributed by atoms with Crippen LogP contribution < -0.4 is 0 Å². The van der Waals surface area contributed by atoms with E-state index < -0.39 is 33.5 Å². The summed E-state index contributed by atoms with van der Waals surface area (Å²) in [5.41, 5.74) is 6.62. The lowest BCUT2D eigenvalue weighted by Crippen LogP contribution is -2.42. The Balaban J connectivity index is 2.41. The molecule has 4 nitrogen and oxygen atoms in total. The van der Waals surface area contributed by atoms with E-state index in [0.717, 1.165) is 11.1 Å². The number of carbonyl (C=O) groups is 2. The standard InChI is InChI=1S/C29H36O4Si2/c1-34(2,3)21-13-19-29(20-14-22-35(4,5)6,27(30)32-23-25-15-9-7-10-16-25)28(31)33-24-26-17-11-8-12-18-26/h7-12,15-18H,19-20,23-24H2,1-6H3. The molecule has 0 radical (unpaired) electrons. The van der Waals surface area contributed by atoms with Crippen molar-refractivity contribution in [1.29, 1.82) is 0 Å². The Kier molecular flexibility index (Phi) is 10.1. The maximum Gasteiger partial charge on any atom is 0.325 e. The predicted molar refractivity (Wildman–Crippen MR) is 146 cm³/mol. The highest BCUT2D eigenvalue weighted by Crippen LogP contribution is 2.31. The van der Waals surface area contributed by atoms with E-state index in [1.54, 1.807) is 0 Å². The summed E-state index contributed by atoms with van der Waals surface area (Å²) in [6.07, 6.45) is 0.0256. The third-order valence-corrected chi connectivity index (χ3v) is 6.77. The first kappa shape index (κ1) is 28.2. The van der Waals surface area contributed by atoms with Crippen LogP contribution in [0.2, 0.25) is 39.3 Å². The number of esters is 2. The second-order valence-electron chi connectivity index (χ2n) is 10.7. The summed E-state index contributed by atoms with van der Waals surface area (Å²) in [5, 5.41) is 0. The second-order valence-corrected chi connectivity index (χ2v) is 20.2. The van der Waals surface area contributed by atoms with Gasteiger partial charge in [0.05, 0.1) is 0 Å². The molecule has 0 amide bonds. The van der Waals surface area contributed by atoms with Crippen LogP contribution in [0.25, 0.3) is 0 Å². The summed E-state index contributed by atoms with van der Waals surface area (Å²) in [7, 11) is -3.45. The van der Waals surface area contributed by atoms with Crippen molar-refractivity contribution in [3.05, 3.63) is 71.8 Å². The molecule has 0 aliphatic heterocycles. The zero-order valence-corrected chi connectivity index (χ0v) is 23.7. The molecule has 0 unspecified atom stereocenters. The summed E-state index contributed by atoms with van der Waals surface area (Å²) in [4.78, 5) is 27.1. The zero-order chi connectivity index (χ0) is 26.0. The Morgan fingerprint density at radius 2 is 1.00 bits per heavy atom. The van der Waals surface area contributed by atoms with Gasteiger partial charge in [0.15, 0.2) is 5.41 Å². The molecule has 0 aliphatic rings. The third-order valence-electron chi connectivity index (χ3n) is 4.91. The van der Waals surface area contributed by atoms with Crippen LogP contribution in [0.5, 0.6) is 0 Å². The van der Waals surface area contributed by atoms with Gasteiger partial charge in [-0.1, -0.05) is 99.9 Å². The smallest absolute Gasteiger partial charge is 0.325 e. The van der Waals surface area contributed by atoms with Gasteiger partial charge in [-0.25, -0.2) is 0 Å². The summed E-state index contributed by atoms with van der Waals surface area (Å²) in [6, 6.07) is 18.8. The Morgan fingerprint density at radius 1 is 0.657 bits per heavy atom. The molecule has 0 N–H and O–H groups in total. The molecule has 0 heterocycles. The van der Waals surface area contributed by atoms with Gasteiger partial charge in [0.1, 0.15) is 29.4 Å². The number of benzene rings is 2. The van der Waals surface area contributed by atoms with E-state index in [4.69, 9.17) is 9.47 Å².